The molecule has 156 valence electrons. The molecule has 9 heteroatoms. The van der Waals surface area contributed by atoms with Crippen molar-refractivity contribution in [3.8, 4) is 0 Å². The number of benzene rings is 1. The summed E-state index contributed by atoms with van der Waals surface area (Å²) in [6.45, 7) is 3.82. The van der Waals surface area contributed by atoms with Gasteiger partial charge in [-0.1, -0.05) is 6.07 Å². The van der Waals surface area contributed by atoms with Crippen LogP contribution in [-0.2, 0) is 19.5 Å². The highest BCUT2D eigenvalue weighted by Gasteiger charge is 2.24. The van der Waals surface area contributed by atoms with Crippen molar-refractivity contribution in [2.75, 3.05) is 13.1 Å². The molecule has 0 radical (unpaired) electrons. The van der Waals surface area contributed by atoms with Gasteiger partial charge in [0.2, 0.25) is 0 Å². The zero-order valence-electron chi connectivity index (χ0n) is 16.6. The Labute approximate surface area is 172 Å². The molecule has 7 nitrogen and oxygen atoms in total. The van der Waals surface area contributed by atoms with E-state index in [1.165, 1.54) is 24.4 Å². The number of fused-ring (bicyclic) bond motifs is 1. The average Bonchev–Trinajstić information content (AvgIpc) is 3.05. The van der Waals surface area contributed by atoms with E-state index in [2.05, 4.69) is 20.5 Å². The Balaban J connectivity index is 1.44. The van der Waals surface area contributed by atoms with E-state index in [9.17, 15) is 13.6 Å². The Morgan fingerprint density at radius 3 is 2.67 bits per heavy atom. The summed E-state index contributed by atoms with van der Waals surface area (Å²) < 4.78 is 30.0. The molecular formula is C21H22F2N6O. The molecule has 0 spiro atoms. The zero-order chi connectivity index (χ0) is 21.1. The molecule has 30 heavy (non-hydrogen) atoms. The fraction of sp³-hybridized carbons (Fsp3) is 0.333. The Bertz CT molecular complexity index is 1020. The number of nitrogens with one attached hydrogen (secondary N) is 1. The van der Waals surface area contributed by atoms with E-state index in [-0.39, 0.29) is 24.1 Å². The molecule has 0 bridgehead atoms. The number of rotatable bonds is 5. The first-order chi connectivity index (χ1) is 14.5. The third kappa shape index (κ3) is 4.20. The van der Waals surface area contributed by atoms with Crippen LogP contribution in [0.4, 0.5) is 8.78 Å². The number of hydrogen-bond donors (Lipinski definition) is 1. The number of hydrogen-bond acceptors (Lipinski definition) is 5. The van der Waals surface area contributed by atoms with Crippen LogP contribution in [0.3, 0.4) is 0 Å². The van der Waals surface area contributed by atoms with Gasteiger partial charge in [0, 0.05) is 50.6 Å². The van der Waals surface area contributed by atoms with Gasteiger partial charge in [-0.2, -0.15) is 0 Å². The van der Waals surface area contributed by atoms with Gasteiger partial charge in [-0.15, -0.1) is 10.2 Å². The summed E-state index contributed by atoms with van der Waals surface area (Å²) >= 11 is 0. The van der Waals surface area contributed by atoms with Gasteiger partial charge < -0.3 is 9.88 Å². The van der Waals surface area contributed by atoms with E-state index in [1.807, 2.05) is 16.4 Å². The van der Waals surface area contributed by atoms with E-state index in [1.54, 1.807) is 18.3 Å². The van der Waals surface area contributed by atoms with Gasteiger partial charge in [-0.25, -0.2) is 8.78 Å². The number of carbonyl (C=O) groups is 1. The molecule has 1 aliphatic rings. The van der Waals surface area contributed by atoms with Crippen LogP contribution in [-0.4, -0.2) is 43.6 Å². The van der Waals surface area contributed by atoms with Crippen LogP contribution < -0.4 is 5.32 Å². The lowest BCUT2D eigenvalue weighted by Gasteiger charge is -2.20. The van der Waals surface area contributed by atoms with E-state index >= 15 is 0 Å². The van der Waals surface area contributed by atoms with Gasteiger partial charge in [0.15, 0.2) is 5.82 Å². The third-order valence-electron chi connectivity index (χ3n) is 5.25. The van der Waals surface area contributed by atoms with E-state index in [0.717, 1.165) is 5.82 Å². The van der Waals surface area contributed by atoms with Crippen molar-refractivity contribution in [2.45, 2.75) is 32.5 Å². The lowest BCUT2D eigenvalue weighted by Crippen LogP contribution is -2.30. The summed E-state index contributed by atoms with van der Waals surface area (Å²) in [5.74, 6) is 0.139. The molecule has 0 fully saturated rings. The predicted molar refractivity (Wildman–Crippen MR) is 105 cm³/mol. The van der Waals surface area contributed by atoms with Crippen molar-refractivity contribution < 1.29 is 13.6 Å². The first kappa shape index (κ1) is 20.1. The minimum Gasteiger partial charge on any atom is -0.342 e. The maximum Gasteiger partial charge on any atom is 0.253 e. The monoisotopic (exact) mass is 412 g/mol. The van der Waals surface area contributed by atoms with Crippen molar-refractivity contribution >= 4 is 5.91 Å². The Kier molecular flexibility index (Phi) is 5.80. The van der Waals surface area contributed by atoms with Crippen LogP contribution in [0.2, 0.25) is 0 Å². The Morgan fingerprint density at radius 1 is 1.13 bits per heavy atom. The van der Waals surface area contributed by atoms with E-state index in [4.69, 9.17) is 0 Å². The fourth-order valence-electron chi connectivity index (χ4n) is 3.62. The molecule has 0 unspecified atom stereocenters. The van der Waals surface area contributed by atoms with Crippen LogP contribution in [0.15, 0.2) is 42.7 Å². The smallest absolute Gasteiger partial charge is 0.253 e. The molecule has 1 amide bonds. The minimum absolute atomic E-state index is 0.0764. The molecular weight excluding hydrogens is 390 g/mol. The van der Waals surface area contributed by atoms with Crippen LogP contribution >= 0.6 is 0 Å². The van der Waals surface area contributed by atoms with E-state index < -0.39 is 11.6 Å². The normalized spacial score (nSPS) is 15.3. The van der Waals surface area contributed by atoms with Crippen LogP contribution in [0.25, 0.3) is 0 Å². The molecule has 3 aromatic rings. The average molecular weight is 412 g/mol. The van der Waals surface area contributed by atoms with Gasteiger partial charge in [0.05, 0.1) is 11.6 Å². The Morgan fingerprint density at radius 2 is 1.93 bits per heavy atom. The molecule has 1 atom stereocenters. The number of pyridine rings is 1. The Hall–Kier alpha value is -3.20. The summed E-state index contributed by atoms with van der Waals surface area (Å²) in [6.07, 6.45) is 3.72. The maximum atomic E-state index is 14.0. The van der Waals surface area contributed by atoms with Crippen molar-refractivity contribution in [3.05, 3.63) is 77.1 Å². The molecule has 0 saturated heterocycles. The minimum atomic E-state index is -0.536. The molecule has 2 aromatic heterocycles. The first-order valence-electron chi connectivity index (χ1n) is 9.81. The van der Waals surface area contributed by atoms with E-state index in [0.29, 0.717) is 37.4 Å². The number of amides is 1. The third-order valence-corrected chi connectivity index (χ3v) is 5.25. The molecule has 0 aliphatic carbocycles. The molecule has 1 aromatic carbocycles. The van der Waals surface area contributed by atoms with Gasteiger partial charge in [0.25, 0.3) is 5.91 Å². The highest BCUT2D eigenvalue weighted by molar-refractivity contribution is 5.93. The number of aromatic nitrogens is 4. The maximum absolute atomic E-state index is 14.0. The van der Waals surface area contributed by atoms with Gasteiger partial charge in [0.1, 0.15) is 17.5 Å². The quantitative estimate of drug-likeness (QED) is 0.697. The van der Waals surface area contributed by atoms with Crippen LogP contribution in [0.1, 0.15) is 40.5 Å². The predicted octanol–water partition coefficient (Wildman–Crippen LogP) is 2.50. The second kappa shape index (κ2) is 8.66. The topological polar surface area (TPSA) is 75.9 Å². The van der Waals surface area contributed by atoms with Crippen molar-refractivity contribution in [3.63, 3.8) is 0 Å². The summed E-state index contributed by atoms with van der Waals surface area (Å²) in [7, 11) is 0. The summed E-state index contributed by atoms with van der Waals surface area (Å²) in [6, 6.07) is 6.96. The second-order valence-corrected chi connectivity index (χ2v) is 7.29. The molecule has 1 N–H and O–H groups in total. The number of carbonyl (C=O) groups excluding carboxylic acids is 1. The highest BCUT2D eigenvalue weighted by atomic mass is 19.1. The first-order valence-corrected chi connectivity index (χ1v) is 9.81. The number of nitrogens with zero attached hydrogens (tertiary/aromatic N) is 5. The molecule has 0 saturated carbocycles. The fourth-order valence-corrected chi connectivity index (χ4v) is 3.62. The van der Waals surface area contributed by atoms with Crippen molar-refractivity contribution in [1.29, 1.82) is 0 Å². The van der Waals surface area contributed by atoms with Gasteiger partial charge >= 0.3 is 0 Å². The number of halogens is 2. The molecule has 4 rings (SSSR count). The molecule has 3 heterocycles. The van der Waals surface area contributed by atoms with Gasteiger partial charge in [-0.3, -0.25) is 14.7 Å². The largest absolute Gasteiger partial charge is 0.342 e. The lowest BCUT2D eigenvalue weighted by molar-refractivity contribution is 0.0937. The summed E-state index contributed by atoms with van der Waals surface area (Å²) in [4.78, 5) is 18.4. The highest BCUT2D eigenvalue weighted by Crippen LogP contribution is 2.19. The second-order valence-electron chi connectivity index (χ2n) is 7.29. The standard InChI is InChI=1S/C21H22F2N6O/c1-14(25-21(30)15-4-3-8-24-12-15)20-27-26-19-7-9-28(10-11-29(19)20)13-16-17(22)5-2-6-18(16)23/h2-6,8,12,14H,7,9-11,13H2,1H3,(H,25,30)/t14-/m1/s1. The van der Waals surface area contributed by atoms with Crippen molar-refractivity contribution in [2.24, 2.45) is 0 Å². The van der Waals surface area contributed by atoms with Crippen LogP contribution in [0.5, 0.6) is 0 Å². The SMILES string of the molecule is C[C@@H](NC(=O)c1cccnc1)c1nnc2n1CCN(Cc1c(F)cccc1F)CC2. The molecule has 1 aliphatic heterocycles. The van der Waals surface area contributed by atoms with Crippen molar-refractivity contribution in [1.82, 2.24) is 30.0 Å². The van der Waals surface area contributed by atoms with Crippen LogP contribution in [0, 0.1) is 11.6 Å². The summed E-state index contributed by atoms with van der Waals surface area (Å²) in [5, 5.41) is 11.5. The summed E-state index contributed by atoms with van der Waals surface area (Å²) in [5.41, 5.74) is 0.547. The lowest BCUT2D eigenvalue weighted by atomic mass is 10.2. The zero-order valence-corrected chi connectivity index (χ0v) is 16.6. The van der Waals surface area contributed by atoms with Gasteiger partial charge in [-0.05, 0) is 31.2 Å².